The molecular weight excluding hydrogens is 360 g/mol. The van der Waals surface area contributed by atoms with Gasteiger partial charge in [-0.1, -0.05) is 0 Å². The van der Waals surface area contributed by atoms with Crippen LogP contribution < -0.4 is 9.47 Å². The molecule has 2 aliphatic rings. The van der Waals surface area contributed by atoms with Crippen LogP contribution in [0.3, 0.4) is 0 Å². The van der Waals surface area contributed by atoms with Gasteiger partial charge in [-0.2, -0.15) is 0 Å². The summed E-state index contributed by atoms with van der Waals surface area (Å²) >= 11 is 0. The zero-order chi connectivity index (χ0) is 19.1. The molecule has 0 spiro atoms. The zero-order valence-corrected chi connectivity index (χ0v) is 15.2. The number of hydrogen-bond acceptors (Lipinski definition) is 6. The SMILES string of the molecule is O=C(O)[C@H]1CCCN(Cc2c(-c3ccc4c(c3)OCO4)nc3ncccn23)C1. The number of piperidine rings is 1. The molecule has 0 radical (unpaired) electrons. The number of nitrogens with zero attached hydrogens (tertiary/aromatic N) is 4. The monoisotopic (exact) mass is 380 g/mol. The average Bonchev–Trinajstić information content (AvgIpc) is 3.32. The fraction of sp³-hybridized carbons (Fsp3) is 0.350. The van der Waals surface area contributed by atoms with Crippen LogP contribution in [-0.2, 0) is 11.3 Å². The van der Waals surface area contributed by atoms with Gasteiger partial charge in [-0.25, -0.2) is 9.97 Å². The number of aliphatic carboxylic acids is 1. The number of rotatable bonds is 4. The number of ether oxygens (including phenoxy) is 2. The maximum absolute atomic E-state index is 11.4. The number of hydrogen-bond donors (Lipinski definition) is 1. The lowest BCUT2D eigenvalue weighted by molar-refractivity contribution is -0.143. The van der Waals surface area contributed by atoms with E-state index in [1.165, 1.54) is 0 Å². The molecule has 4 heterocycles. The summed E-state index contributed by atoms with van der Waals surface area (Å²) in [6.07, 6.45) is 5.28. The van der Waals surface area contributed by atoms with Crippen LogP contribution in [0.1, 0.15) is 18.5 Å². The molecule has 0 unspecified atom stereocenters. The summed E-state index contributed by atoms with van der Waals surface area (Å²) in [7, 11) is 0. The minimum atomic E-state index is -0.722. The first-order valence-electron chi connectivity index (χ1n) is 9.36. The van der Waals surface area contributed by atoms with Crippen molar-refractivity contribution in [3.63, 3.8) is 0 Å². The van der Waals surface area contributed by atoms with Crippen LogP contribution in [0.5, 0.6) is 11.5 Å². The van der Waals surface area contributed by atoms with Gasteiger partial charge in [0, 0.05) is 31.0 Å². The first-order chi connectivity index (χ1) is 13.7. The predicted octanol–water partition coefficient (Wildman–Crippen LogP) is 2.42. The van der Waals surface area contributed by atoms with Crippen LogP contribution in [-0.4, -0.2) is 50.2 Å². The summed E-state index contributed by atoms with van der Waals surface area (Å²) < 4.78 is 12.9. The lowest BCUT2D eigenvalue weighted by Gasteiger charge is -2.30. The van der Waals surface area contributed by atoms with Crippen molar-refractivity contribution in [2.45, 2.75) is 19.4 Å². The van der Waals surface area contributed by atoms with Gasteiger partial charge in [-0.3, -0.25) is 14.1 Å². The number of benzene rings is 1. The molecule has 0 aliphatic carbocycles. The molecule has 1 fully saturated rings. The Morgan fingerprint density at radius 2 is 2.18 bits per heavy atom. The van der Waals surface area contributed by atoms with E-state index in [-0.39, 0.29) is 12.7 Å². The minimum absolute atomic E-state index is 0.225. The van der Waals surface area contributed by atoms with E-state index < -0.39 is 5.97 Å². The van der Waals surface area contributed by atoms with Crippen molar-refractivity contribution >= 4 is 11.7 Å². The summed E-state index contributed by atoms with van der Waals surface area (Å²) in [5.74, 6) is 1.02. The minimum Gasteiger partial charge on any atom is -0.481 e. The van der Waals surface area contributed by atoms with E-state index in [2.05, 4.69) is 9.88 Å². The van der Waals surface area contributed by atoms with E-state index in [1.54, 1.807) is 6.20 Å². The van der Waals surface area contributed by atoms with Crippen molar-refractivity contribution in [2.75, 3.05) is 19.9 Å². The quantitative estimate of drug-likeness (QED) is 0.743. The highest BCUT2D eigenvalue weighted by Gasteiger charge is 2.27. The van der Waals surface area contributed by atoms with E-state index in [1.807, 2.05) is 34.9 Å². The first kappa shape index (κ1) is 17.0. The highest BCUT2D eigenvalue weighted by atomic mass is 16.7. The molecule has 2 aromatic heterocycles. The fourth-order valence-corrected chi connectivity index (χ4v) is 3.97. The number of carboxylic acid groups (broad SMARTS) is 1. The first-order valence-corrected chi connectivity index (χ1v) is 9.36. The summed E-state index contributed by atoms with van der Waals surface area (Å²) in [6, 6.07) is 7.66. The Kier molecular flexibility index (Phi) is 4.12. The lowest BCUT2D eigenvalue weighted by Crippen LogP contribution is -2.38. The van der Waals surface area contributed by atoms with Gasteiger partial charge in [-0.15, -0.1) is 0 Å². The molecular formula is C20H20N4O4. The van der Waals surface area contributed by atoms with Crippen LogP contribution in [0.2, 0.25) is 0 Å². The van der Waals surface area contributed by atoms with Crippen LogP contribution >= 0.6 is 0 Å². The van der Waals surface area contributed by atoms with E-state index in [0.717, 1.165) is 42.1 Å². The molecule has 1 N–H and O–H groups in total. The normalized spacial score (nSPS) is 19.2. The molecule has 2 aliphatic heterocycles. The number of carboxylic acids is 1. The summed E-state index contributed by atoms with van der Waals surface area (Å²) in [4.78, 5) is 22.7. The van der Waals surface area contributed by atoms with Gasteiger partial charge in [0.25, 0.3) is 0 Å². The second-order valence-electron chi connectivity index (χ2n) is 7.18. The second-order valence-corrected chi connectivity index (χ2v) is 7.18. The maximum Gasteiger partial charge on any atom is 0.307 e. The predicted molar refractivity (Wildman–Crippen MR) is 100 cm³/mol. The molecule has 5 rings (SSSR count). The second kappa shape index (κ2) is 6.79. The Labute approximate surface area is 161 Å². The number of aromatic nitrogens is 3. The van der Waals surface area contributed by atoms with Crippen molar-refractivity contribution in [3.05, 3.63) is 42.4 Å². The van der Waals surface area contributed by atoms with Crippen molar-refractivity contribution < 1.29 is 19.4 Å². The standard InChI is InChI=1S/C20H20N4O4/c25-19(26)14-3-1-7-23(10-14)11-15-18(22-20-21-6-2-8-24(15)20)13-4-5-16-17(9-13)28-12-27-16/h2,4-6,8-9,14H,1,3,7,10-12H2,(H,25,26)/t14-/m0/s1. The van der Waals surface area contributed by atoms with Gasteiger partial charge in [0.05, 0.1) is 17.3 Å². The summed E-state index contributed by atoms with van der Waals surface area (Å²) in [6.45, 7) is 2.25. The van der Waals surface area contributed by atoms with Crippen LogP contribution in [0.25, 0.3) is 17.0 Å². The number of fused-ring (bicyclic) bond motifs is 2. The number of likely N-dealkylation sites (tertiary alicyclic amines) is 1. The molecule has 144 valence electrons. The van der Waals surface area contributed by atoms with E-state index in [4.69, 9.17) is 14.5 Å². The van der Waals surface area contributed by atoms with Crippen LogP contribution in [0, 0.1) is 5.92 Å². The molecule has 28 heavy (non-hydrogen) atoms. The Morgan fingerprint density at radius 3 is 3.07 bits per heavy atom. The van der Waals surface area contributed by atoms with Gasteiger partial charge in [0.2, 0.25) is 12.6 Å². The van der Waals surface area contributed by atoms with Crippen molar-refractivity contribution in [3.8, 4) is 22.8 Å². The van der Waals surface area contributed by atoms with E-state index in [9.17, 15) is 9.90 Å². The molecule has 8 heteroatoms. The van der Waals surface area contributed by atoms with Gasteiger partial charge in [0.15, 0.2) is 11.5 Å². The third-order valence-electron chi connectivity index (χ3n) is 5.38. The maximum atomic E-state index is 11.4. The van der Waals surface area contributed by atoms with Crippen LogP contribution in [0.4, 0.5) is 0 Å². The smallest absolute Gasteiger partial charge is 0.307 e. The Hall–Kier alpha value is -3.13. The van der Waals surface area contributed by atoms with Gasteiger partial charge >= 0.3 is 5.97 Å². The summed E-state index contributed by atoms with van der Waals surface area (Å²) in [5.41, 5.74) is 2.75. The van der Waals surface area contributed by atoms with E-state index >= 15 is 0 Å². The molecule has 1 aromatic carbocycles. The summed E-state index contributed by atoms with van der Waals surface area (Å²) in [5, 5.41) is 9.40. The van der Waals surface area contributed by atoms with Crippen molar-refractivity contribution in [1.29, 1.82) is 0 Å². The van der Waals surface area contributed by atoms with Crippen molar-refractivity contribution in [1.82, 2.24) is 19.3 Å². The Bertz CT molecular complexity index is 1050. The van der Waals surface area contributed by atoms with Gasteiger partial charge < -0.3 is 14.6 Å². The lowest BCUT2D eigenvalue weighted by atomic mass is 9.98. The molecule has 8 nitrogen and oxygen atoms in total. The molecule has 1 atom stereocenters. The largest absolute Gasteiger partial charge is 0.481 e. The highest BCUT2D eigenvalue weighted by molar-refractivity contribution is 5.70. The molecule has 1 saturated heterocycles. The highest BCUT2D eigenvalue weighted by Crippen LogP contribution is 2.37. The average molecular weight is 380 g/mol. The Balaban J connectivity index is 1.54. The van der Waals surface area contributed by atoms with E-state index in [0.29, 0.717) is 24.6 Å². The Morgan fingerprint density at radius 1 is 1.29 bits per heavy atom. The third kappa shape index (κ3) is 2.95. The molecule has 0 bridgehead atoms. The topological polar surface area (TPSA) is 89.2 Å². The van der Waals surface area contributed by atoms with Gasteiger partial charge in [0.1, 0.15) is 0 Å². The van der Waals surface area contributed by atoms with Crippen LogP contribution in [0.15, 0.2) is 36.7 Å². The van der Waals surface area contributed by atoms with Gasteiger partial charge in [-0.05, 0) is 43.7 Å². The molecule has 0 amide bonds. The number of imidazole rings is 1. The molecule has 3 aromatic rings. The van der Waals surface area contributed by atoms with Crippen molar-refractivity contribution in [2.24, 2.45) is 5.92 Å². The number of carbonyl (C=O) groups is 1. The third-order valence-corrected chi connectivity index (χ3v) is 5.38. The fourth-order valence-electron chi connectivity index (χ4n) is 3.97. The zero-order valence-electron chi connectivity index (χ0n) is 15.2. The molecule has 0 saturated carbocycles.